The van der Waals surface area contributed by atoms with Crippen LogP contribution >= 0.6 is 0 Å². The van der Waals surface area contributed by atoms with Gasteiger partial charge in [0, 0.05) is 6.07 Å². The van der Waals surface area contributed by atoms with Gasteiger partial charge in [-0.1, -0.05) is 6.08 Å². The summed E-state index contributed by atoms with van der Waals surface area (Å²) in [5.41, 5.74) is 1.08. The molecular formula is C11H12F2O. The van der Waals surface area contributed by atoms with Gasteiger partial charge in [-0.3, -0.25) is 0 Å². The summed E-state index contributed by atoms with van der Waals surface area (Å²) in [7, 11) is 0. The highest BCUT2D eigenvalue weighted by Gasteiger charge is 2.01. The summed E-state index contributed by atoms with van der Waals surface area (Å²) < 4.78 is 25.5. The molecule has 0 spiro atoms. The van der Waals surface area contributed by atoms with Crippen LogP contribution in [0.2, 0.25) is 0 Å². The lowest BCUT2D eigenvalue weighted by Crippen LogP contribution is -2.00. The molecular weight excluding hydrogens is 186 g/mol. The van der Waals surface area contributed by atoms with Gasteiger partial charge in [-0.25, -0.2) is 8.78 Å². The molecule has 1 nitrogen and oxygen atoms in total. The van der Waals surface area contributed by atoms with Gasteiger partial charge in [0.15, 0.2) is 0 Å². The fraction of sp³-hybridized carbons (Fsp3) is 0.273. The monoisotopic (exact) mass is 198 g/mol. The Bertz CT molecular complexity index is 336. The van der Waals surface area contributed by atoms with Crippen LogP contribution in [0.5, 0.6) is 0 Å². The summed E-state index contributed by atoms with van der Waals surface area (Å²) in [6, 6.07) is 3.25. The minimum Gasteiger partial charge on any atom is -0.389 e. The minimum absolute atomic E-state index is 0.418. The largest absolute Gasteiger partial charge is 0.389 e. The molecule has 14 heavy (non-hydrogen) atoms. The molecule has 0 saturated carbocycles. The second-order valence-electron chi connectivity index (χ2n) is 3.27. The van der Waals surface area contributed by atoms with E-state index in [4.69, 9.17) is 5.11 Å². The first-order valence-electron chi connectivity index (χ1n) is 4.31. The first-order valence-corrected chi connectivity index (χ1v) is 4.31. The molecule has 0 radical (unpaired) electrons. The fourth-order valence-electron chi connectivity index (χ4n) is 1.04. The molecule has 1 aromatic carbocycles. The Morgan fingerprint density at radius 1 is 1.29 bits per heavy atom. The molecule has 0 saturated heterocycles. The zero-order chi connectivity index (χ0) is 10.7. The number of rotatable bonds is 2. The minimum atomic E-state index is -0.616. The number of hydrogen-bond acceptors (Lipinski definition) is 1. The Morgan fingerprint density at radius 2 is 1.79 bits per heavy atom. The van der Waals surface area contributed by atoms with Crippen LogP contribution in [0.1, 0.15) is 19.4 Å². The second-order valence-corrected chi connectivity index (χ2v) is 3.27. The highest BCUT2D eigenvalue weighted by atomic mass is 19.1. The van der Waals surface area contributed by atoms with Crippen molar-refractivity contribution in [1.82, 2.24) is 0 Å². The lowest BCUT2D eigenvalue weighted by atomic mass is 10.1. The smallest absolute Gasteiger partial charge is 0.126 e. The molecule has 1 atom stereocenters. The van der Waals surface area contributed by atoms with Crippen LogP contribution in [-0.2, 0) is 0 Å². The lowest BCUT2D eigenvalue weighted by Gasteiger charge is -2.04. The first kappa shape index (κ1) is 10.9. The van der Waals surface area contributed by atoms with E-state index in [0.29, 0.717) is 11.1 Å². The van der Waals surface area contributed by atoms with E-state index in [2.05, 4.69) is 0 Å². The van der Waals surface area contributed by atoms with Gasteiger partial charge in [0.25, 0.3) is 0 Å². The molecule has 3 heteroatoms. The van der Waals surface area contributed by atoms with E-state index < -0.39 is 17.7 Å². The zero-order valence-electron chi connectivity index (χ0n) is 8.09. The van der Waals surface area contributed by atoms with Crippen molar-refractivity contribution in [1.29, 1.82) is 0 Å². The van der Waals surface area contributed by atoms with E-state index in [9.17, 15) is 8.78 Å². The second kappa shape index (κ2) is 4.33. The summed E-state index contributed by atoms with van der Waals surface area (Å²) in [5, 5.41) is 9.17. The molecule has 0 aliphatic heterocycles. The number of benzene rings is 1. The molecule has 1 unspecified atom stereocenters. The molecule has 0 aliphatic rings. The van der Waals surface area contributed by atoms with E-state index >= 15 is 0 Å². The summed E-state index contributed by atoms with van der Waals surface area (Å²) in [4.78, 5) is 0. The van der Waals surface area contributed by atoms with Crippen molar-refractivity contribution in [2.45, 2.75) is 20.0 Å². The van der Waals surface area contributed by atoms with Gasteiger partial charge in [0.1, 0.15) is 11.6 Å². The van der Waals surface area contributed by atoms with Gasteiger partial charge in [0.05, 0.1) is 6.10 Å². The lowest BCUT2D eigenvalue weighted by molar-refractivity contribution is 0.232. The van der Waals surface area contributed by atoms with E-state index in [-0.39, 0.29) is 0 Å². The van der Waals surface area contributed by atoms with Crippen molar-refractivity contribution in [3.63, 3.8) is 0 Å². The van der Waals surface area contributed by atoms with Gasteiger partial charge in [-0.15, -0.1) is 0 Å². The molecule has 1 rings (SSSR count). The van der Waals surface area contributed by atoms with Crippen molar-refractivity contribution in [2.24, 2.45) is 0 Å². The number of halogens is 2. The topological polar surface area (TPSA) is 20.2 Å². The fourth-order valence-corrected chi connectivity index (χ4v) is 1.04. The van der Waals surface area contributed by atoms with Gasteiger partial charge < -0.3 is 5.11 Å². The third-order valence-corrected chi connectivity index (χ3v) is 1.94. The Hall–Kier alpha value is -1.22. The molecule has 0 fully saturated rings. The third-order valence-electron chi connectivity index (χ3n) is 1.94. The maximum Gasteiger partial charge on any atom is 0.126 e. The number of aliphatic hydroxyl groups excluding tert-OH is 1. The predicted molar refractivity (Wildman–Crippen MR) is 51.7 cm³/mol. The molecule has 0 aliphatic carbocycles. The first-order chi connectivity index (χ1) is 6.49. The molecule has 76 valence electrons. The van der Waals surface area contributed by atoms with Crippen LogP contribution in [0, 0.1) is 11.6 Å². The van der Waals surface area contributed by atoms with Crippen LogP contribution in [0.3, 0.4) is 0 Å². The Balaban J connectivity index is 3.02. The molecule has 0 aromatic heterocycles. The Morgan fingerprint density at radius 3 is 2.21 bits per heavy atom. The summed E-state index contributed by atoms with van der Waals surface area (Å²) in [6.07, 6.45) is 0.943. The van der Waals surface area contributed by atoms with Crippen molar-refractivity contribution in [3.8, 4) is 0 Å². The quantitative estimate of drug-likeness (QED) is 0.774. The van der Waals surface area contributed by atoms with E-state index in [0.717, 1.165) is 6.07 Å². The predicted octanol–water partition coefficient (Wildman–Crippen LogP) is 2.75. The maximum absolute atomic E-state index is 12.7. The Kier molecular flexibility index (Phi) is 3.36. The van der Waals surface area contributed by atoms with E-state index in [1.165, 1.54) is 12.1 Å². The third kappa shape index (κ3) is 2.92. The SMILES string of the molecule is C/C(=C\c1cc(F)cc(F)c1)C(C)O. The molecule has 0 bridgehead atoms. The molecule has 1 N–H and O–H groups in total. The maximum atomic E-state index is 12.7. The number of hydrogen-bond donors (Lipinski definition) is 1. The van der Waals surface area contributed by atoms with Crippen LogP contribution in [0.15, 0.2) is 23.8 Å². The van der Waals surface area contributed by atoms with Crippen molar-refractivity contribution < 1.29 is 13.9 Å². The van der Waals surface area contributed by atoms with E-state index in [1.807, 2.05) is 0 Å². The van der Waals surface area contributed by atoms with Crippen LogP contribution in [0.25, 0.3) is 6.08 Å². The van der Waals surface area contributed by atoms with Crippen molar-refractivity contribution in [2.75, 3.05) is 0 Å². The summed E-state index contributed by atoms with van der Waals surface area (Å²) in [5.74, 6) is -1.23. The van der Waals surface area contributed by atoms with E-state index in [1.54, 1.807) is 19.9 Å². The van der Waals surface area contributed by atoms with Crippen LogP contribution in [0.4, 0.5) is 8.78 Å². The molecule has 0 amide bonds. The standard InChI is InChI=1S/C11H12F2O/c1-7(8(2)14)3-9-4-10(12)6-11(13)5-9/h3-6,8,14H,1-2H3/b7-3+. The highest BCUT2D eigenvalue weighted by Crippen LogP contribution is 2.13. The molecule has 0 heterocycles. The Labute approximate surface area is 81.7 Å². The van der Waals surface area contributed by atoms with Gasteiger partial charge in [-0.2, -0.15) is 0 Å². The summed E-state index contributed by atoms with van der Waals surface area (Å²) >= 11 is 0. The highest BCUT2D eigenvalue weighted by molar-refractivity contribution is 5.53. The van der Waals surface area contributed by atoms with Gasteiger partial charge in [0.2, 0.25) is 0 Å². The van der Waals surface area contributed by atoms with Crippen LogP contribution < -0.4 is 0 Å². The summed E-state index contributed by atoms with van der Waals surface area (Å²) in [6.45, 7) is 3.30. The van der Waals surface area contributed by atoms with Crippen molar-refractivity contribution in [3.05, 3.63) is 41.0 Å². The van der Waals surface area contributed by atoms with Crippen LogP contribution in [-0.4, -0.2) is 11.2 Å². The van der Waals surface area contributed by atoms with Gasteiger partial charge >= 0.3 is 0 Å². The normalized spacial score (nSPS) is 14.2. The van der Waals surface area contributed by atoms with Crippen molar-refractivity contribution >= 4 is 6.08 Å². The average molecular weight is 198 g/mol. The zero-order valence-corrected chi connectivity index (χ0v) is 8.09. The molecule has 1 aromatic rings. The number of aliphatic hydroxyl groups is 1. The average Bonchev–Trinajstić information content (AvgIpc) is 2.01. The van der Waals surface area contributed by atoms with Gasteiger partial charge in [-0.05, 0) is 37.1 Å².